The first-order valence-corrected chi connectivity index (χ1v) is 8.73. The van der Waals surface area contributed by atoms with E-state index in [1.54, 1.807) is 0 Å². The summed E-state index contributed by atoms with van der Waals surface area (Å²) < 4.78 is 1.86. The molecular formula is C17H18N4S. The fourth-order valence-electron chi connectivity index (χ4n) is 2.96. The highest BCUT2D eigenvalue weighted by atomic mass is 32.2. The molecule has 2 aromatic heterocycles. The molecule has 0 aliphatic heterocycles. The molecule has 4 nitrogen and oxygen atoms in total. The van der Waals surface area contributed by atoms with Gasteiger partial charge >= 0.3 is 0 Å². The lowest BCUT2D eigenvalue weighted by Crippen LogP contribution is -2.08. The highest BCUT2D eigenvalue weighted by Gasteiger charge is 2.16. The molecule has 0 unspecified atom stereocenters. The molecule has 0 atom stereocenters. The summed E-state index contributed by atoms with van der Waals surface area (Å²) in [5.74, 6) is 0.807. The highest BCUT2D eigenvalue weighted by Crippen LogP contribution is 2.32. The summed E-state index contributed by atoms with van der Waals surface area (Å²) in [5, 5.41) is 15.0. The fourth-order valence-corrected chi connectivity index (χ4v) is 4.14. The molecule has 0 radical (unpaired) electrons. The SMILES string of the molecule is c1ccc(-c2nnc3ccc(SC4CCCCC4)nn23)cc1. The molecule has 0 bridgehead atoms. The van der Waals surface area contributed by atoms with Crippen LogP contribution in [0, 0.1) is 0 Å². The maximum atomic E-state index is 4.76. The molecule has 0 saturated heterocycles. The third-order valence-electron chi connectivity index (χ3n) is 4.11. The zero-order chi connectivity index (χ0) is 14.8. The first-order chi connectivity index (χ1) is 10.9. The molecule has 1 aliphatic carbocycles. The predicted molar refractivity (Wildman–Crippen MR) is 88.9 cm³/mol. The van der Waals surface area contributed by atoms with Gasteiger partial charge in [-0.15, -0.1) is 22.0 Å². The van der Waals surface area contributed by atoms with Crippen molar-refractivity contribution in [2.75, 3.05) is 0 Å². The van der Waals surface area contributed by atoms with Crippen LogP contribution >= 0.6 is 11.8 Å². The van der Waals surface area contributed by atoms with E-state index in [2.05, 4.69) is 16.3 Å². The second-order valence-corrected chi connectivity index (χ2v) is 7.03. The molecule has 1 saturated carbocycles. The second-order valence-electron chi connectivity index (χ2n) is 5.71. The van der Waals surface area contributed by atoms with Crippen LogP contribution in [0.5, 0.6) is 0 Å². The van der Waals surface area contributed by atoms with E-state index in [-0.39, 0.29) is 0 Å². The molecular weight excluding hydrogens is 292 g/mol. The van der Waals surface area contributed by atoms with E-state index in [4.69, 9.17) is 5.10 Å². The van der Waals surface area contributed by atoms with Crippen molar-refractivity contribution in [2.45, 2.75) is 42.4 Å². The Balaban J connectivity index is 1.67. The minimum Gasteiger partial charge on any atom is -0.192 e. The zero-order valence-electron chi connectivity index (χ0n) is 12.4. The third-order valence-corrected chi connectivity index (χ3v) is 5.37. The second kappa shape index (κ2) is 6.08. The van der Waals surface area contributed by atoms with Crippen LogP contribution in [0.2, 0.25) is 0 Å². The Bertz CT molecular complexity index is 763. The van der Waals surface area contributed by atoms with Crippen molar-refractivity contribution in [1.29, 1.82) is 0 Å². The van der Waals surface area contributed by atoms with Gasteiger partial charge in [0.1, 0.15) is 5.03 Å². The predicted octanol–water partition coefficient (Wildman–Crippen LogP) is 4.22. The summed E-state index contributed by atoms with van der Waals surface area (Å²) >= 11 is 1.90. The number of nitrogens with zero attached hydrogens (tertiary/aromatic N) is 4. The molecule has 112 valence electrons. The maximum absolute atomic E-state index is 4.76. The molecule has 3 aromatic rings. The smallest absolute Gasteiger partial charge is 0.185 e. The van der Waals surface area contributed by atoms with E-state index in [1.165, 1.54) is 32.1 Å². The van der Waals surface area contributed by atoms with Gasteiger partial charge in [0, 0.05) is 10.8 Å². The molecule has 0 spiro atoms. The molecule has 0 amide bonds. The van der Waals surface area contributed by atoms with E-state index in [9.17, 15) is 0 Å². The van der Waals surface area contributed by atoms with E-state index in [0.717, 1.165) is 22.1 Å². The Labute approximate surface area is 134 Å². The summed E-state index contributed by atoms with van der Waals surface area (Å²) in [7, 11) is 0. The van der Waals surface area contributed by atoms with Gasteiger partial charge in [0.05, 0.1) is 0 Å². The van der Waals surface area contributed by atoms with Crippen LogP contribution in [0.4, 0.5) is 0 Å². The van der Waals surface area contributed by atoms with Crippen LogP contribution in [0.25, 0.3) is 17.0 Å². The summed E-state index contributed by atoms with van der Waals surface area (Å²) in [4.78, 5) is 0. The maximum Gasteiger partial charge on any atom is 0.185 e. The Hall–Kier alpha value is -1.88. The quantitative estimate of drug-likeness (QED) is 0.726. The lowest BCUT2D eigenvalue weighted by atomic mass is 10.0. The number of thioether (sulfide) groups is 1. The third kappa shape index (κ3) is 2.73. The van der Waals surface area contributed by atoms with Crippen LogP contribution in [0.15, 0.2) is 47.5 Å². The lowest BCUT2D eigenvalue weighted by molar-refractivity contribution is 0.515. The van der Waals surface area contributed by atoms with E-state index < -0.39 is 0 Å². The van der Waals surface area contributed by atoms with Gasteiger partial charge in [0.25, 0.3) is 0 Å². The van der Waals surface area contributed by atoms with E-state index in [1.807, 2.05) is 52.7 Å². The lowest BCUT2D eigenvalue weighted by Gasteiger charge is -2.20. The number of hydrogen-bond acceptors (Lipinski definition) is 4. The van der Waals surface area contributed by atoms with Crippen molar-refractivity contribution in [3.05, 3.63) is 42.5 Å². The van der Waals surface area contributed by atoms with E-state index in [0.29, 0.717) is 5.25 Å². The van der Waals surface area contributed by atoms with Gasteiger partial charge in [0.2, 0.25) is 0 Å². The first-order valence-electron chi connectivity index (χ1n) is 7.85. The van der Waals surface area contributed by atoms with Crippen LogP contribution in [0.3, 0.4) is 0 Å². The molecule has 1 aliphatic rings. The van der Waals surface area contributed by atoms with Crippen LogP contribution in [-0.4, -0.2) is 25.1 Å². The van der Waals surface area contributed by atoms with Gasteiger partial charge in [-0.25, -0.2) is 0 Å². The number of rotatable bonds is 3. The van der Waals surface area contributed by atoms with E-state index >= 15 is 0 Å². The van der Waals surface area contributed by atoms with Crippen molar-refractivity contribution in [3.8, 4) is 11.4 Å². The Morgan fingerprint density at radius 2 is 1.73 bits per heavy atom. The monoisotopic (exact) mass is 310 g/mol. The molecule has 5 heteroatoms. The van der Waals surface area contributed by atoms with Crippen molar-refractivity contribution < 1.29 is 0 Å². The Morgan fingerprint density at radius 1 is 0.909 bits per heavy atom. The normalized spacial score (nSPS) is 16.2. The van der Waals surface area contributed by atoms with Gasteiger partial charge in [-0.3, -0.25) is 0 Å². The van der Waals surface area contributed by atoms with Gasteiger partial charge in [0.15, 0.2) is 11.5 Å². The summed E-state index contributed by atoms with van der Waals surface area (Å²) in [6.07, 6.45) is 6.69. The minimum absolute atomic E-state index is 0.704. The van der Waals surface area contributed by atoms with Crippen LogP contribution < -0.4 is 0 Å². The number of hydrogen-bond donors (Lipinski definition) is 0. The minimum atomic E-state index is 0.704. The Kier molecular flexibility index (Phi) is 3.81. The average Bonchev–Trinajstić information content (AvgIpc) is 3.00. The molecule has 22 heavy (non-hydrogen) atoms. The molecule has 1 fully saturated rings. The average molecular weight is 310 g/mol. The van der Waals surface area contributed by atoms with Crippen molar-refractivity contribution in [2.24, 2.45) is 0 Å². The Morgan fingerprint density at radius 3 is 2.55 bits per heavy atom. The summed E-state index contributed by atoms with van der Waals surface area (Å²) in [6.45, 7) is 0. The van der Waals surface area contributed by atoms with Crippen LogP contribution in [0.1, 0.15) is 32.1 Å². The molecule has 0 N–H and O–H groups in total. The fraction of sp³-hybridized carbons (Fsp3) is 0.353. The van der Waals surface area contributed by atoms with Gasteiger partial charge < -0.3 is 0 Å². The number of benzene rings is 1. The number of fused-ring (bicyclic) bond motifs is 1. The standard InChI is InChI=1S/C17H18N4S/c1-3-7-13(8-4-1)17-19-18-15-11-12-16(20-21(15)17)22-14-9-5-2-6-10-14/h1,3-4,7-8,11-12,14H,2,5-6,9-10H2. The molecule has 4 rings (SSSR count). The summed E-state index contributed by atoms with van der Waals surface area (Å²) in [6, 6.07) is 14.2. The van der Waals surface area contributed by atoms with Gasteiger partial charge in [-0.2, -0.15) is 9.61 Å². The molecule has 2 heterocycles. The number of aromatic nitrogens is 4. The highest BCUT2D eigenvalue weighted by molar-refractivity contribution is 7.99. The van der Waals surface area contributed by atoms with Crippen molar-refractivity contribution >= 4 is 17.4 Å². The largest absolute Gasteiger partial charge is 0.192 e. The van der Waals surface area contributed by atoms with Crippen molar-refractivity contribution in [3.63, 3.8) is 0 Å². The summed E-state index contributed by atoms with van der Waals surface area (Å²) in [5.41, 5.74) is 1.84. The molecule has 1 aromatic carbocycles. The topological polar surface area (TPSA) is 43.1 Å². The zero-order valence-corrected chi connectivity index (χ0v) is 13.2. The van der Waals surface area contributed by atoms with Crippen LogP contribution in [-0.2, 0) is 0 Å². The van der Waals surface area contributed by atoms with Gasteiger partial charge in [-0.05, 0) is 25.0 Å². The first kappa shape index (κ1) is 13.8. The van der Waals surface area contributed by atoms with Gasteiger partial charge in [-0.1, -0.05) is 49.6 Å². The van der Waals surface area contributed by atoms with Crippen molar-refractivity contribution in [1.82, 2.24) is 19.8 Å².